The first-order valence-corrected chi connectivity index (χ1v) is 6.55. The Bertz CT molecular complexity index is 575. The van der Waals surface area contributed by atoms with Gasteiger partial charge in [0, 0.05) is 12.1 Å². The average Bonchev–Trinajstić information content (AvgIpc) is 2.42. The highest BCUT2D eigenvalue weighted by atomic mass is 16.5. The molecule has 0 aromatic heterocycles. The van der Waals surface area contributed by atoms with Crippen LogP contribution >= 0.6 is 0 Å². The highest BCUT2D eigenvalue weighted by Gasteiger charge is 2.10. The minimum atomic E-state index is 0.876. The van der Waals surface area contributed by atoms with Gasteiger partial charge in [-0.25, -0.2) is 0 Å². The fraction of sp³-hybridized carbons (Fsp3) is 0.294. The third-order valence-corrected chi connectivity index (χ3v) is 3.50. The molecule has 0 amide bonds. The summed E-state index contributed by atoms with van der Waals surface area (Å²) in [5.74, 6) is 0.974. The summed E-state index contributed by atoms with van der Waals surface area (Å²) in [6.07, 6.45) is 0. The van der Waals surface area contributed by atoms with E-state index >= 15 is 0 Å². The van der Waals surface area contributed by atoms with Gasteiger partial charge in [-0.15, -0.1) is 0 Å². The fourth-order valence-electron chi connectivity index (χ4n) is 2.33. The number of nitrogens with one attached hydrogen (secondary N) is 1. The Morgan fingerprint density at radius 3 is 2.58 bits per heavy atom. The standard InChI is InChI=1S/C17H21NO/c1-12-8-9-16(17(19-4)13(12)2)15-7-5-6-14(10-15)11-18-3/h5-10,18H,11H2,1-4H3. The largest absolute Gasteiger partial charge is 0.496 e. The summed E-state index contributed by atoms with van der Waals surface area (Å²) in [5, 5.41) is 3.18. The molecular weight excluding hydrogens is 234 g/mol. The summed E-state index contributed by atoms with van der Waals surface area (Å²) in [7, 11) is 3.70. The molecule has 19 heavy (non-hydrogen) atoms. The number of rotatable bonds is 4. The Labute approximate surface area is 115 Å². The number of hydrogen-bond donors (Lipinski definition) is 1. The Kier molecular flexibility index (Phi) is 4.23. The van der Waals surface area contributed by atoms with E-state index in [1.165, 1.54) is 22.3 Å². The molecule has 0 atom stereocenters. The molecule has 0 spiro atoms. The van der Waals surface area contributed by atoms with Crippen molar-refractivity contribution >= 4 is 0 Å². The van der Waals surface area contributed by atoms with Crippen LogP contribution in [0.5, 0.6) is 5.75 Å². The summed E-state index contributed by atoms with van der Waals surface area (Å²) in [4.78, 5) is 0. The zero-order valence-corrected chi connectivity index (χ0v) is 12.1. The highest BCUT2D eigenvalue weighted by Crippen LogP contribution is 2.34. The maximum Gasteiger partial charge on any atom is 0.129 e. The smallest absolute Gasteiger partial charge is 0.129 e. The van der Waals surface area contributed by atoms with Gasteiger partial charge >= 0.3 is 0 Å². The maximum atomic E-state index is 5.60. The Balaban J connectivity index is 2.52. The van der Waals surface area contributed by atoms with Crippen molar-refractivity contribution in [1.82, 2.24) is 5.32 Å². The molecule has 0 aliphatic carbocycles. The number of hydrogen-bond acceptors (Lipinski definition) is 2. The fourth-order valence-corrected chi connectivity index (χ4v) is 2.33. The zero-order chi connectivity index (χ0) is 13.8. The second-order valence-electron chi connectivity index (χ2n) is 4.82. The molecule has 2 heteroatoms. The van der Waals surface area contributed by atoms with E-state index in [0.29, 0.717) is 0 Å². The molecule has 2 aromatic carbocycles. The number of benzene rings is 2. The molecule has 0 heterocycles. The molecule has 0 aliphatic rings. The topological polar surface area (TPSA) is 21.3 Å². The average molecular weight is 255 g/mol. The van der Waals surface area contributed by atoms with Crippen molar-refractivity contribution in [3.05, 3.63) is 53.1 Å². The van der Waals surface area contributed by atoms with E-state index < -0.39 is 0 Å². The van der Waals surface area contributed by atoms with E-state index in [1.54, 1.807) is 7.11 Å². The maximum absolute atomic E-state index is 5.60. The van der Waals surface area contributed by atoms with Crippen LogP contribution in [0, 0.1) is 13.8 Å². The molecule has 0 aliphatic heterocycles. The normalized spacial score (nSPS) is 10.5. The molecule has 0 radical (unpaired) electrons. The minimum Gasteiger partial charge on any atom is -0.496 e. The van der Waals surface area contributed by atoms with Crippen LogP contribution < -0.4 is 10.1 Å². The van der Waals surface area contributed by atoms with Crippen LogP contribution in [0.2, 0.25) is 0 Å². The minimum absolute atomic E-state index is 0.876. The van der Waals surface area contributed by atoms with E-state index in [9.17, 15) is 0 Å². The molecule has 2 rings (SSSR count). The lowest BCUT2D eigenvalue weighted by Crippen LogP contribution is -2.04. The van der Waals surface area contributed by atoms with Gasteiger partial charge in [0.05, 0.1) is 7.11 Å². The molecule has 0 bridgehead atoms. The van der Waals surface area contributed by atoms with Crippen LogP contribution in [0.1, 0.15) is 16.7 Å². The lowest BCUT2D eigenvalue weighted by molar-refractivity contribution is 0.413. The van der Waals surface area contributed by atoms with E-state index in [1.807, 2.05) is 7.05 Å². The van der Waals surface area contributed by atoms with Crippen molar-refractivity contribution in [1.29, 1.82) is 0 Å². The van der Waals surface area contributed by atoms with Crippen LogP contribution in [0.4, 0.5) is 0 Å². The predicted molar refractivity (Wildman–Crippen MR) is 80.7 cm³/mol. The van der Waals surface area contributed by atoms with Crippen molar-refractivity contribution in [2.24, 2.45) is 0 Å². The van der Waals surface area contributed by atoms with Crippen molar-refractivity contribution in [2.45, 2.75) is 20.4 Å². The van der Waals surface area contributed by atoms with Crippen LogP contribution in [0.3, 0.4) is 0 Å². The van der Waals surface area contributed by atoms with Crippen LogP contribution in [0.25, 0.3) is 11.1 Å². The van der Waals surface area contributed by atoms with Crippen molar-refractivity contribution in [3.63, 3.8) is 0 Å². The quantitative estimate of drug-likeness (QED) is 0.899. The highest BCUT2D eigenvalue weighted by molar-refractivity contribution is 5.73. The summed E-state index contributed by atoms with van der Waals surface area (Å²) >= 11 is 0. The van der Waals surface area contributed by atoms with Crippen molar-refractivity contribution in [2.75, 3.05) is 14.2 Å². The zero-order valence-electron chi connectivity index (χ0n) is 12.1. The van der Waals surface area contributed by atoms with Gasteiger partial charge < -0.3 is 10.1 Å². The molecule has 0 saturated heterocycles. The Morgan fingerprint density at radius 2 is 1.89 bits per heavy atom. The molecule has 0 unspecified atom stereocenters. The lowest BCUT2D eigenvalue weighted by atomic mass is 9.97. The summed E-state index contributed by atoms with van der Waals surface area (Å²) in [6.45, 7) is 5.09. The van der Waals surface area contributed by atoms with Crippen LogP contribution in [-0.2, 0) is 6.54 Å². The van der Waals surface area contributed by atoms with Crippen molar-refractivity contribution < 1.29 is 4.74 Å². The van der Waals surface area contributed by atoms with E-state index in [4.69, 9.17) is 4.74 Å². The molecule has 0 saturated carbocycles. The third-order valence-electron chi connectivity index (χ3n) is 3.50. The number of aryl methyl sites for hydroxylation is 1. The van der Waals surface area contributed by atoms with Gasteiger partial charge in [-0.3, -0.25) is 0 Å². The van der Waals surface area contributed by atoms with E-state index in [-0.39, 0.29) is 0 Å². The van der Waals surface area contributed by atoms with E-state index in [2.05, 4.69) is 55.6 Å². The van der Waals surface area contributed by atoms with Crippen molar-refractivity contribution in [3.8, 4) is 16.9 Å². The second kappa shape index (κ2) is 5.89. The molecular formula is C17H21NO. The third kappa shape index (κ3) is 2.79. The van der Waals surface area contributed by atoms with Gasteiger partial charge in [0.25, 0.3) is 0 Å². The van der Waals surface area contributed by atoms with Gasteiger partial charge in [-0.2, -0.15) is 0 Å². The van der Waals surface area contributed by atoms with Crippen LogP contribution in [0.15, 0.2) is 36.4 Å². The molecule has 2 aromatic rings. The lowest BCUT2D eigenvalue weighted by Gasteiger charge is -2.14. The SMILES string of the molecule is CNCc1cccc(-c2ccc(C)c(C)c2OC)c1. The molecule has 100 valence electrons. The predicted octanol–water partition coefficient (Wildman–Crippen LogP) is 3.70. The monoisotopic (exact) mass is 255 g/mol. The van der Waals surface area contributed by atoms with Gasteiger partial charge in [-0.05, 0) is 49.2 Å². The van der Waals surface area contributed by atoms with Gasteiger partial charge in [-0.1, -0.05) is 30.3 Å². The Hall–Kier alpha value is -1.80. The summed E-state index contributed by atoms with van der Waals surface area (Å²) in [5.41, 5.74) is 6.10. The Morgan fingerprint density at radius 1 is 1.11 bits per heavy atom. The second-order valence-corrected chi connectivity index (χ2v) is 4.82. The van der Waals surface area contributed by atoms with Crippen LogP contribution in [-0.4, -0.2) is 14.2 Å². The molecule has 2 nitrogen and oxygen atoms in total. The first-order valence-electron chi connectivity index (χ1n) is 6.55. The van der Waals surface area contributed by atoms with Gasteiger partial charge in [0.15, 0.2) is 0 Å². The first-order chi connectivity index (χ1) is 9.17. The number of ether oxygens (including phenoxy) is 1. The first kappa shape index (κ1) is 13.6. The molecule has 0 fully saturated rings. The summed E-state index contributed by atoms with van der Waals surface area (Å²) < 4.78 is 5.60. The summed E-state index contributed by atoms with van der Waals surface area (Å²) in [6, 6.07) is 12.9. The van der Waals surface area contributed by atoms with Gasteiger partial charge in [0.1, 0.15) is 5.75 Å². The van der Waals surface area contributed by atoms with Gasteiger partial charge in [0.2, 0.25) is 0 Å². The van der Waals surface area contributed by atoms with E-state index in [0.717, 1.165) is 17.9 Å². The molecule has 1 N–H and O–H groups in total. The number of methoxy groups -OCH3 is 1.